The molecule has 3 fully saturated rings. The number of aliphatic hydroxyl groups excluding tert-OH is 1. The molecule has 0 aromatic heterocycles. The maximum absolute atomic E-state index is 8.77. The standard InChI is InChI=1S/C12H25N3O/c13-9-12(14-5-1-2-8-16)10-15-6-3-11(12)4-7-15/h11,14,16H,1-10,13H2. The third-order valence-electron chi connectivity index (χ3n) is 4.30. The molecule has 0 spiro atoms. The summed E-state index contributed by atoms with van der Waals surface area (Å²) in [5, 5.41) is 12.4. The fourth-order valence-corrected chi connectivity index (χ4v) is 3.25. The lowest BCUT2D eigenvalue weighted by Crippen LogP contribution is -2.69. The van der Waals surface area contributed by atoms with E-state index in [2.05, 4.69) is 10.2 Å². The van der Waals surface area contributed by atoms with Crippen molar-refractivity contribution >= 4 is 0 Å². The van der Waals surface area contributed by atoms with Crippen molar-refractivity contribution in [2.45, 2.75) is 31.2 Å². The van der Waals surface area contributed by atoms with Crippen molar-refractivity contribution in [1.82, 2.24) is 10.2 Å². The maximum atomic E-state index is 8.77. The first-order chi connectivity index (χ1) is 7.80. The van der Waals surface area contributed by atoms with Crippen LogP contribution >= 0.6 is 0 Å². The van der Waals surface area contributed by atoms with Crippen LogP contribution in [-0.4, -0.2) is 54.9 Å². The average Bonchev–Trinajstić information content (AvgIpc) is 2.36. The summed E-state index contributed by atoms with van der Waals surface area (Å²) in [5.41, 5.74) is 6.16. The Balaban J connectivity index is 1.86. The predicted octanol–water partition coefficient (Wildman–Crippen LogP) is -0.228. The fraction of sp³-hybridized carbons (Fsp3) is 1.00. The van der Waals surface area contributed by atoms with Crippen LogP contribution in [0.25, 0.3) is 0 Å². The zero-order chi connectivity index (χ0) is 11.4. The van der Waals surface area contributed by atoms with Crippen LogP contribution < -0.4 is 11.1 Å². The molecule has 4 nitrogen and oxygen atoms in total. The van der Waals surface area contributed by atoms with Crippen LogP contribution in [0.1, 0.15) is 25.7 Å². The summed E-state index contributed by atoms with van der Waals surface area (Å²) in [4.78, 5) is 2.53. The van der Waals surface area contributed by atoms with Gasteiger partial charge in [0.25, 0.3) is 0 Å². The average molecular weight is 227 g/mol. The SMILES string of the molecule is NCC1(NCCCCO)CN2CCC1CC2. The smallest absolute Gasteiger partial charge is 0.0462 e. The summed E-state index contributed by atoms with van der Waals surface area (Å²) in [7, 11) is 0. The van der Waals surface area contributed by atoms with Gasteiger partial charge in [0.05, 0.1) is 0 Å². The highest BCUT2D eigenvalue weighted by atomic mass is 16.2. The number of nitrogens with zero attached hydrogens (tertiary/aromatic N) is 1. The number of fused-ring (bicyclic) bond motifs is 3. The van der Waals surface area contributed by atoms with E-state index in [0.717, 1.165) is 38.4 Å². The number of aliphatic hydroxyl groups is 1. The molecule has 4 heteroatoms. The minimum atomic E-state index is 0.159. The number of piperidine rings is 3. The number of hydrogen-bond donors (Lipinski definition) is 3. The van der Waals surface area contributed by atoms with Gasteiger partial charge in [0, 0.05) is 25.2 Å². The van der Waals surface area contributed by atoms with E-state index in [0.29, 0.717) is 6.61 Å². The topological polar surface area (TPSA) is 61.5 Å². The second-order valence-electron chi connectivity index (χ2n) is 5.27. The Morgan fingerprint density at radius 1 is 1.31 bits per heavy atom. The van der Waals surface area contributed by atoms with Gasteiger partial charge in [-0.2, -0.15) is 0 Å². The molecule has 0 saturated carbocycles. The zero-order valence-corrected chi connectivity index (χ0v) is 10.1. The van der Waals surface area contributed by atoms with E-state index in [4.69, 9.17) is 10.8 Å². The van der Waals surface area contributed by atoms with E-state index in [9.17, 15) is 0 Å². The number of hydrogen-bond acceptors (Lipinski definition) is 4. The summed E-state index contributed by atoms with van der Waals surface area (Å²) in [6, 6.07) is 0. The van der Waals surface area contributed by atoms with Crippen molar-refractivity contribution in [3.63, 3.8) is 0 Å². The predicted molar refractivity (Wildman–Crippen MR) is 65.3 cm³/mol. The highest BCUT2D eigenvalue weighted by Crippen LogP contribution is 2.34. The Morgan fingerprint density at radius 3 is 2.56 bits per heavy atom. The van der Waals surface area contributed by atoms with E-state index >= 15 is 0 Å². The van der Waals surface area contributed by atoms with Gasteiger partial charge in [0.15, 0.2) is 0 Å². The number of rotatable bonds is 6. The van der Waals surface area contributed by atoms with Gasteiger partial charge in [0.1, 0.15) is 0 Å². The lowest BCUT2D eigenvalue weighted by atomic mass is 9.72. The molecule has 0 amide bonds. The fourth-order valence-electron chi connectivity index (χ4n) is 3.25. The normalized spacial score (nSPS) is 37.9. The Morgan fingerprint density at radius 2 is 2.06 bits per heavy atom. The van der Waals surface area contributed by atoms with Crippen LogP contribution in [0.5, 0.6) is 0 Å². The van der Waals surface area contributed by atoms with E-state index in [-0.39, 0.29) is 5.54 Å². The van der Waals surface area contributed by atoms with E-state index in [1.165, 1.54) is 25.9 Å². The lowest BCUT2D eigenvalue weighted by Gasteiger charge is -2.53. The second-order valence-corrected chi connectivity index (χ2v) is 5.27. The molecule has 0 aromatic carbocycles. The highest BCUT2D eigenvalue weighted by molar-refractivity contribution is 5.04. The molecule has 4 N–H and O–H groups in total. The van der Waals surface area contributed by atoms with Gasteiger partial charge in [-0.3, -0.25) is 0 Å². The molecule has 1 unspecified atom stereocenters. The van der Waals surface area contributed by atoms with Gasteiger partial charge in [-0.25, -0.2) is 0 Å². The molecule has 3 rings (SSSR count). The van der Waals surface area contributed by atoms with Crippen molar-refractivity contribution in [3.8, 4) is 0 Å². The molecule has 0 radical (unpaired) electrons. The molecule has 94 valence electrons. The summed E-state index contributed by atoms with van der Waals surface area (Å²) in [6.45, 7) is 5.66. The molecule has 1 atom stereocenters. The Kier molecular flexibility index (Phi) is 4.19. The van der Waals surface area contributed by atoms with Crippen molar-refractivity contribution in [3.05, 3.63) is 0 Å². The Labute approximate surface area is 98.2 Å². The van der Waals surface area contributed by atoms with Gasteiger partial charge < -0.3 is 21.1 Å². The summed E-state index contributed by atoms with van der Waals surface area (Å²) in [5.74, 6) is 0.761. The van der Waals surface area contributed by atoms with Crippen LogP contribution in [0.4, 0.5) is 0 Å². The zero-order valence-electron chi connectivity index (χ0n) is 10.1. The monoisotopic (exact) mass is 227 g/mol. The number of unbranched alkanes of at least 4 members (excludes halogenated alkanes) is 1. The Hall–Kier alpha value is -0.160. The summed E-state index contributed by atoms with van der Waals surface area (Å²) < 4.78 is 0. The number of nitrogens with two attached hydrogens (primary N) is 1. The Bertz CT molecular complexity index is 216. The summed E-state index contributed by atoms with van der Waals surface area (Å²) >= 11 is 0. The molecule has 0 aromatic rings. The second kappa shape index (κ2) is 5.45. The third kappa shape index (κ3) is 2.40. The molecular weight excluding hydrogens is 202 g/mol. The van der Waals surface area contributed by atoms with Crippen molar-refractivity contribution < 1.29 is 5.11 Å². The van der Waals surface area contributed by atoms with E-state index in [1.807, 2.05) is 0 Å². The van der Waals surface area contributed by atoms with Crippen molar-refractivity contribution in [2.75, 3.05) is 39.3 Å². The quantitative estimate of drug-likeness (QED) is 0.549. The minimum absolute atomic E-state index is 0.159. The molecule has 3 heterocycles. The van der Waals surface area contributed by atoms with Gasteiger partial charge in [0.2, 0.25) is 0 Å². The van der Waals surface area contributed by atoms with Crippen molar-refractivity contribution in [1.29, 1.82) is 0 Å². The van der Waals surface area contributed by atoms with Crippen LogP contribution in [0, 0.1) is 5.92 Å². The van der Waals surface area contributed by atoms with Crippen LogP contribution in [-0.2, 0) is 0 Å². The molecule has 3 aliphatic rings. The minimum Gasteiger partial charge on any atom is -0.396 e. The van der Waals surface area contributed by atoms with Gasteiger partial charge in [-0.1, -0.05) is 0 Å². The molecule has 3 saturated heterocycles. The third-order valence-corrected chi connectivity index (χ3v) is 4.30. The van der Waals surface area contributed by atoms with Gasteiger partial charge >= 0.3 is 0 Å². The largest absolute Gasteiger partial charge is 0.396 e. The first-order valence-electron chi connectivity index (χ1n) is 6.59. The first-order valence-corrected chi connectivity index (χ1v) is 6.59. The molecule has 16 heavy (non-hydrogen) atoms. The number of nitrogens with one attached hydrogen (secondary N) is 1. The molecule has 3 aliphatic heterocycles. The first kappa shape index (κ1) is 12.3. The van der Waals surface area contributed by atoms with E-state index in [1.54, 1.807) is 0 Å². The summed E-state index contributed by atoms with van der Waals surface area (Å²) in [6.07, 6.45) is 4.53. The molecular formula is C12H25N3O. The van der Waals surface area contributed by atoms with Crippen molar-refractivity contribution in [2.24, 2.45) is 11.7 Å². The van der Waals surface area contributed by atoms with Crippen LogP contribution in [0.15, 0.2) is 0 Å². The van der Waals surface area contributed by atoms with Crippen LogP contribution in [0.2, 0.25) is 0 Å². The van der Waals surface area contributed by atoms with Gasteiger partial charge in [-0.15, -0.1) is 0 Å². The lowest BCUT2D eigenvalue weighted by molar-refractivity contribution is 0.0109. The highest BCUT2D eigenvalue weighted by Gasteiger charge is 2.45. The maximum Gasteiger partial charge on any atom is 0.0462 e. The molecule has 0 aliphatic carbocycles. The van der Waals surface area contributed by atoms with Crippen LogP contribution in [0.3, 0.4) is 0 Å². The van der Waals surface area contributed by atoms with Gasteiger partial charge in [-0.05, 0) is 51.2 Å². The van der Waals surface area contributed by atoms with E-state index < -0.39 is 0 Å². The molecule has 2 bridgehead atoms.